The van der Waals surface area contributed by atoms with Crippen LogP contribution in [0.25, 0.3) is 5.57 Å². The number of aromatic nitrogens is 1. The molecule has 0 unspecified atom stereocenters. The second kappa shape index (κ2) is 6.36. The summed E-state index contributed by atoms with van der Waals surface area (Å²) in [4.78, 5) is 17.9. The molecule has 18 heavy (non-hydrogen) atoms. The largest absolute Gasteiger partial charge is 0.358 e. The number of hydrogen-bond acceptors (Lipinski definition) is 2. The zero-order valence-corrected chi connectivity index (χ0v) is 11.6. The van der Waals surface area contributed by atoms with Crippen LogP contribution in [0.15, 0.2) is 34.6 Å². The van der Waals surface area contributed by atoms with E-state index in [1.54, 1.807) is 12.3 Å². The van der Waals surface area contributed by atoms with Gasteiger partial charge in [-0.25, -0.2) is 0 Å². The number of aliphatic imine (C=N–C) groups is 1. The van der Waals surface area contributed by atoms with Crippen LogP contribution in [0.3, 0.4) is 0 Å². The van der Waals surface area contributed by atoms with Crippen LogP contribution in [0.5, 0.6) is 0 Å². The molecular formula is C14H17ClN2O. The molecule has 0 spiro atoms. The maximum Gasteiger partial charge on any atom is 0.175 e. The number of carbonyl (C=O) groups is 1. The molecule has 0 aliphatic heterocycles. The normalized spacial score (nSPS) is 12.9. The highest BCUT2D eigenvalue weighted by atomic mass is 35.5. The number of halogens is 1. The maximum absolute atomic E-state index is 11.3. The third-order valence-corrected chi connectivity index (χ3v) is 2.64. The molecule has 0 aliphatic rings. The lowest BCUT2D eigenvalue weighted by Crippen LogP contribution is -1.90. The molecule has 0 amide bonds. The standard InChI is InChI=1S/C14H17ClN2O/c1-9(2)5-12(13(15)8-16-4)11-6-14(10(3)18)17-7-11/h5-9,17H,4H2,1-3H3/b12-5-,13-8+. The summed E-state index contributed by atoms with van der Waals surface area (Å²) >= 11 is 6.17. The number of ketones is 1. The number of carbonyl (C=O) groups excluding carboxylic acids is 1. The Bertz CT molecular complexity index is 510. The number of hydrogen-bond donors (Lipinski definition) is 1. The first kappa shape index (κ1) is 14.5. The molecule has 1 N–H and O–H groups in total. The molecule has 1 heterocycles. The Hall–Kier alpha value is -1.61. The molecule has 1 aromatic heterocycles. The third kappa shape index (κ3) is 3.70. The van der Waals surface area contributed by atoms with E-state index in [0.717, 1.165) is 11.1 Å². The van der Waals surface area contributed by atoms with Gasteiger partial charge in [0, 0.05) is 24.9 Å². The molecule has 0 aromatic carbocycles. The van der Waals surface area contributed by atoms with Crippen LogP contribution in [0.1, 0.15) is 36.8 Å². The first-order valence-corrected chi connectivity index (χ1v) is 6.07. The second-order valence-electron chi connectivity index (χ2n) is 4.34. The number of allylic oxidation sites excluding steroid dienone is 3. The van der Waals surface area contributed by atoms with E-state index in [-0.39, 0.29) is 5.78 Å². The van der Waals surface area contributed by atoms with Gasteiger partial charge in [0.2, 0.25) is 0 Å². The summed E-state index contributed by atoms with van der Waals surface area (Å²) in [5, 5.41) is 0.507. The van der Waals surface area contributed by atoms with Gasteiger partial charge >= 0.3 is 0 Å². The van der Waals surface area contributed by atoms with Crippen molar-refractivity contribution in [1.82, 2.24) is 4.98 Å². The number of nitrogens with zero attached hydrogens (tertiary/aromatic N) is 1. The van der Waals surface area contributed by atoms with Crippen LogP contribution >= 0.6 is 11.6 Å². The van der Waals surface area contributed by atoms with Crippen LogP contribution in [0.2, 0.25) is 0 Å². The fourth-order valence-corrected chi connectivity index (χ4v) is 1.79. The van der Waals surface area contributed by atoms with Crippen molar-refractivity contribution in [3.8, 4) is 0 Å². The van der Waals surface area contributed by atoms with Gasteiger partial charge in [0.05, 0.1) is 10.7 Å². The van der Waals surface area contributed by atoms with E-state index in [1.807, 2.05) is 6.08 Å². The van der Waals surface area contributed by atoms with Crippen molar-refractivity contribution < 1.29 is 4.79 Å². The summed E-state index contributed by atoms with van der Waals surface area (Å²) in [6.45, 7) is 9.03. The Morgan fingerprint density at radius 3 is 2.67 bits per heavy atom. The fourth-order valence-electron chi connectivity index (χ4n) is 1.55. The van der Waals surface area contributed by atoms with Gasteiger partial charge < -0.3 is 4.98 Å². The van der Waals surface area contributed by atoms with Gasteiger partial charge in [0.1, 0.15) is 0 Å². The molecule has 1 rings (SSSR count). The lowest BCUT2D eigenvalue weighted by molar-refractivity contribution is 0.101. The highest BCUT2D eigenvalue weighted by molar-refractivity contribution is 6.37. The number of aromatic amines is 1. The Labute approximate surface area is 112 Å². The minimum absolute atomic E-state index is 0.00732. The lowest BCUT2D eigenvalue weighted by Gasteiger charge is -2.05. The number of nitrogens with one attached hydrogen (secondary N) is 1. The fraction of sp³-hybridized carbons (Fsp3) is 0.286. The van der Waals surface area contributed by atoms with Crippen LogP contribution in [0.4, 0.5) is 0 Å². The van der Waals surface area contributed by atoms with E-state index in [0.29, 0.717) is 16.6 Å². The molecule has 0 aliphatic carbocycles. The van der Waals surface area contributed by atoms with Crippen molar-refractivity contribution in [3.63, 3.8) is 0 Å². The second-order valence-corrected chi connectivity index (χ2v) is 4.75. The number of H-pyrrole nitrogens is 1. The quantitative estimate of drug-likeness (QED) is 0.487. The van der Waals surface area contributed by atoms with E-state index in [4.69, 9.17) is 11.6 Å². The molecule has 0 saturated carbocycles. The molecule has 0 atom stereocenters. The first-order chi connectivity index (χ1) is 8.45. The Morgan fingerprint density at radius 1 is 1.56 bits per heavy atom. The van der Waals surface area contributed by atoms with E-state index in [2.05, 4.69) is 30.5 Å². The Kier molecular flexibility index (Phi) is 5.10. The molecular weight excluding hydrogens is 248 g/mol. The SMILES string of the molecule is C=N/C=C(Cl)\C(=C/C(C)C)c1c[nH]c(C(C)=O)c1. The smallest absolute Gasteiger partial charge is 0.175 e. The molecule has 1 aromatic rings. The summed E-state index contributed by atoms with van der Waals surface area (Å²) in [6.07, 6.45) is 5.29. The minimum atomic E-state index is -0.00732. The third-order valence-electron chi connectivity index (χ3n) is 2.34. The van der Waals surface area contributed by atoms with E-state index >= 15 is 0 Å². The topological polar surface area (TPSA) is 45.2 Å². The molecule has 0 bridgehead atoms. The highest BCUT2D eigenvalue weighted by Crippen LogP contribution is 2.28. The van der Waals surface area contributed by atoms with Crippen molar-refractivity contribution in [2.75, 3.05) is 0 Å². The van der Waals surface area contributed by atoms with Crippen LogP contribution in [-0.2, 0) is 0 Å². The average molecular weight is 265 g/mol. The molecule has 3 nitrogen and oxygen atoms in total. The minimum Gasteiger partial charge on any atom is -0.358 e. The predicted molar refractivity (Wildman–Crippen MR) is 77.1 cm³/mol. The van der Waals surface area contributed by atoms with E-state index in [1.165, 1.54) is 13.1 Å². The maximum atomic E-state index is 11.3. The first-order valence-electron chi connectivity index (χ1n) is 5.69. The summed E-state index contributed by atoms with van der Waals surface area (Å²) in [6, 6.07) is 1.79. The van der Waals surface area contributed by atoms with Crippen LogP contribution in [-0.4, -0.2) is 17.5 Å². The van der Waals surface area contributed by atoms with Crippen molar-refractivity contribution in [2.24, 2.45) is 10.9 Å². The average Bonchev–Trinajstić information content (AvgIpc) is 2.75. The summed E-state index contributed by atoms with van der Waals surface area (Å²) < 4.78 is 0. The van der Waals surface area contributed by atoms with Gasteiger partial charge in [-0.2, -0.15) is 0 Å². The highest BCUT2D eigenvalue weighted by Gasteiger charge is 2.11. The van der Waals surface area contributed by atoms with Crippen LogP contribution < -0.4 is 0 Å². The van der Waals surface area contributed by atoms with Gasteiger partial charge in [-0.1, -0.05) is 31.5 Å². The van der Waals surface area contributed by atoms with Crippen molar-refractivity contribution >= 4 is 29.7 Å². The van der Waals surface area contributed by atoms with Gasteiger partial charge in [-0.3, -0.25) is 9.79 Å². The predicted octanol–water partition coefficient (Wildman–Crippen LogP) is 4.04. The zero-order valence-electron chi connectivity index (χ0n) is 10.8. The van der Waals surface area contributed by atoms with Gasteiger partial charge in [0.25, 0.3) is 0 Å². The molecule has 0 fully saturated rings. The van der Waals surface area contributed by atoms with Gasteiger partial charge in [-0.15, -0.1) is 0 Å². The molecule has 0 radical (unpaired) electrons. The molecule has 96 valence electrons. The Balaban J connectivity index is 3.22. The van der Waals surface area contributed by atoms with Crippen molar-refractivity contribution in [2.45, 2.75) is 20.8 Å². The summed E-state index contributed by atoms with van der Waals surface area (Å²) in [7, 11) is 0. The van der Waals surface area contributed by atoms with E-state index < -0.39 is 0 Å². The number of Topliss-reactive ketones (excluding diaryl/α,β-unsaturated/α-hetero) is 1. The van der Waals surface area contributed by atoms with Crippen molar-refractivity contribution in [3.05, 3.63) is 40.8 Å². The zero-order chi connectivity index (χ0) is 13.7. The van der Waals surface area contributed by atoms with E-state index in [9.17, 15) is 4.79 Å². The van der Waals surface area contributed by atoms with Crippen molar-refractivity contribution in [1.29, 1.82) is 0 Å². The summed E-state index contributed by atoms with van der Waals surface area (Å²) in [5.41, 5.74) is 2.29. The van der Waals surface area contributed by atoms with Crippen LogP contribution in [0, 0.1) is 5.92 Å². The monoisotopic (exact) mass is 264 g/mol. The molecule has 0 saturated heterocycles. The molecule has 4 heteroatoms. The van der Waals surface area contributed by atoms with Gasteiger partial charge in [-0.05, 0) is 24.3 Å². The number of rotatable bonds is 5. The van der Waals surface area contributed by atoms with Gasteiger partial charge in [0.15, 0.2) is 5.78 Å². The lowest BCUT2D eigenvalue weighted by atomic mass is 10.0. The summed E-state index contributed by atoms with van der Waals surface area (Å²) in [5.74, 6) is 0.328. The Morgan fingerprint density at radius 2 is 2.22 bits per heavy atom.